The SMILES string of the molecule is COc1cc([C@H]2C3=CC[C@@H]4C(=O)N(c5ccc(N=Nc6ccc(N(C)C)cc6)cc5)C(=O)[C@@H]4[C@@H]3C[C@H]3C(=O)N(Nc4ccc(C)cc4)C(=O)[C@@]23c2ccccc2)cc(OC)c1O. The van der Waals surface area contributed by atoms with Crippen LogP contribution in [0.15, 0.2) is 137 Å². The van der Waals surface area contributed by atoms with Crippen LogP contribution in [-0.4, -0.2) is 62.1 Å². The highest BCUT2D eigenvalue weighted by atomic mass is 16.5. The van der Waals surface area contributed by atoms with Gasteiger partial charge in [-0.2, -0.15) is 15.2 Å². The van der Waals surface area contributed by atoms with Gasteiger partial charge in [-0.1, -0.05) is 59.7 Å². The van der Waals surface area contributed by atoms with Crippen molar-refractivity contribution < 1.29 is 33.8 Å². The van der Waals surface area contributed by atoms with E-state index in [1.54, 1.807) is 36.4 Å². The van der Waals surface area contributed by atoms with Gasteiger partial charge in [0.05, 0.1) is 60.1 Å². The van der Waals surface area contributed by atoms with Gasteiger partial charge in [-0.15, -0.1) is 0 Å². The number of azo groups is 1. The Morgan fingerprint density at radius 1 is 0.758 bits per heavy atom. The second kappa shape index (κ2) is 15.6. The molecule has 0 bridgehead atoms. The second-order valence-corrected chi connectivity index (χ2v) is 16.5. The van der Waals surface area contributed by atoms with E-state index in [-0.39, 0.29) is 41.9 Å². The number of nitrogens with zero attached hydrogens (tertiary/aromatic N) is 5. The van der Waals surface area contributed by atoms with E-state index < -0.39 is 46.8 Å². The number of imide groups is 2. The number of hydrogen-bond acceptors (Lipinski definition) is 11. The summed E-state index contributed by atoms with van der Waals surface area (Å²) < 4.78 is 11.3. The molecule has 62 heavy (non-hydrogen) atoms. The van der Waals surface area contributed by atoms with Crippen LogP contribution in [0.4, 0.5) is 28.4 Å². The van der Waals surface area contributed by atoms with Crippen LogP contribution in [0.25, 0.3) is 0 Å². The molecule has 314 valence electrons. The van der Waals surface area contributed by atoms with E-state index in [2.05, 4.69) is 15.7 Å². The van der Waals surface area contributed by atoms with Gasteiger partial charge in [0.2, 0.25) is 17.6 Å². The zero-order valence-electron chi connectivity index (χ0n) is 35.0. The van der Waals surface area contributed by atoms with Crippen LogP contribution >= 0.6 is 0 Å². The van der Waals surface area contributed by atoms with Crippen LogP contribution in [0, 0.1) is 30.6 Å². The second-order valence-electron chi connectivity index (χ2n) is 16.5. The van der Waals surface area contributed by atoms with Crippen molar-refractivity contribution in [2.75, 3.05) is 43.5 Å². The third kappa shape index (κ3) is 6.38. The lowest BCUT2D eigenvalue weighted by molar-refractivity contribution is -0.138. The predicted octanol–water partition coefficient (Wildman–Crippen LogP) is 8.39. The molecule has 3 fully saturated rings. The van der Waals surface area contributed by atoms with E-state index in [0.717, 1.165) is 21.8 Å². The van der Waals surface area contributed by atoms with Crippen molar-refractivity contribution in [1.29, 1.82) is 0 Å². The fourth-order valence-corrected chi connectivity index (χ4v) is 10.1. The molecule has 6 atom stereocenters. The number of ether oxygens (including phenoxy) is 2. The molecule has 5 aromatic carbocycles. The fraction of sp³-hybridized carbons (Fsp3) is 0.265. The van der Waals surface area contributed by atoms with Crippen LogP contribution in [0.2, 0.25) is 0 Å². The van der Waals surface area contributed by atoms with Gasteiger partial charge in [0.15, 0.2) is 11.5 Å². The zero-order valence-corrected chi connectivity index (χ0v) is 35.0. The average molecular weight is 831 g/mol. The lowest BCUT2D eigenvalue weighted by Crippen LogP contribution is -2.53. The molecule has 9 rings (SSSR count). The number of nitrogens with one attached hydrogen (secondary N) is 1. The fourth-order valence-electron chi connectivity index (χ4n) is 10.1. The number of anilines is 3. The largest absolute Gasteiger partial charge is 0.502 e. The number of methoxy groups -OCH3 is 2. The van der Waals surface area contributed by atoms with Crippen molar-refractivity contribution in [3.05, 3.63) is 144 Å². The van der Waals surface area contributed by atoms with Crippen LogP contribution < -0.4 is 24.7 Å². The zero-order chi connectivity index (χ0) is 43.4. The van der Waals surface area contributed by atoms with E-state index >= 15 is 9.59 Å². The molecule has 13 heteroatoms. The molecule has 13 nitrogen and oxygen atoms in total. The minimum Gasteiger partial charge on any atom is -0.502 e. The van der Waals surface area contributed by atoms with E-state index in [9.17, 15) is 14.7 Å². The van der Waals surface area contributed by atoms with Crippen LogP contribution in [-0.2, 0) is 24.6 Å². The van der Waals surface area contributed by atoms with Crippen molar-refractivity contribution in [2.45, 2.75) is 31.1 Å². The molecule has 0 spiro atoms. The summed E-state index contributed by atoms with van der Waals surface area (Å²) in [4.78, 5) is 63.1. The van der Waals surface area contributed by atoms with Crippen LogP contribution in [0.3, 0.4) is 0 Å². The molecule has 2 aliphatic carbocycles. The number of fused-ring (bicyclic) bond motifs is 4. The lowest BCUT2D eigenvalue weighted by atomic mass is 9.49. The molecule has 4 aliphatic rings. The number of phenols is 1. The van der Waals surface area contributed by atoms with E-state index in [1.807, 2.05) is 111 Å². The van der Waals surface area contributed by atoms with E-state index in [0.29, 0.717) is 33.9 Å². The first-order chi connectivity index (χ1) is 30.0. The number of aryl methyl sites for hydroxylation is 1. The quantitative estimate of drug-likeness (QED) is 0.0803. The summed E-state index contributed by atoms with van der Waals surface area (Å²) in [6.07, 6.45) is 2.35. The Hall–Kier alpha value is -7.28. The molecular weight excluding hydrogens is 785 g/mol. The Morgan fingerprint density at radius 3 is 1.97 bits per heavy atom. The highest BCUT2D eigenvalue weighted by molar-refractivity contribution is 6.22. The van der Waals surface area contributed by atoms with Crippen molar-refractivity contribution in [1.82, 2.24) is 5.01 Å². The Bertz CT molecular complexity index is 2620. The van der Waals surface area contributed by atoms with Crippen molar-refractivity contribution in [3.8, 4) is 17.2 Å². The average Bonchev–Trinajstić information content (AvgIpc) is 3.67. The Labute approximate surface area is 359 Å². The molecule has 0 radical (unpaired) electrons. The van der Waals surface area contributed by atoms with Crippen LogP contribution in [0.1, 0.15) is 35.4 Å². The molecule has 0 aromatic heterocycles. The molecule has 0 unspecified atom stereocenters. The number of phenolic OH excluding ortho intramolecular Hbond substituents is 1. The van der Waals surface area contributed by atoms with Gasteiger partial charge in [0, 0.05) is 25.7 Å². The highest BCUT2D eigenvalue weighted by Crippen LogP contribution is 2.65. The topological polar surface area (TPSA) is 153 Å². The van der Waals surface area contributed by atoms with Gasteiger partial charge in [0.25, 0.3) is 11.8 Å². The molecule has 1 saturated carbocycles. The number of amides is 4. The van der Waals surface area contributed by atoms with Gasteiger partial charge in [-0.05, 0) is 110 Å². The number of carbonyl (C=O) groups is 4. The first-order valence-corrected chi connectivity index (χ1v) is 20.5. The maximum atomic E-state index is 15.5. The van der Waals surface area contributed by atoms with Gasteiger partial charge in [-0.25, -0.2) is 0 Å². The molecule has 2 heterocycles. The molecular formula is C49H46N6O7. The van der Waals surface area contributed by atoms with Crippen molar-refractivity contribution >= 4 is 52.1 Å². The van der Waals surface area contributed by atoms with E-state index in [1.165, 1.54) is 19.1 Å². The standard InChI is InChI=1S/C49H46N6O7/c1-28-11-13-33(14-12-28)52-55-46(58)39-27-38-36(43(29-25-40(61-4)44(56)41(26-29)62-5)49(39,48(55)60)30-9-7-6-8-10-30)23-24-37-42(38)47(59)54(45(37)57)35-21-17-32(18-22-35)51-50-31-15-19-34(20-16-31)53(2)3/h6-23,25-26,37-39,42-43,52,56H,24,27H2,1-5H3/t37-,38+,39-,42-,43-,49+/m0/s1. The Kier molecular flexibility index (Phi) is 10.1. The number of carbonyl (C=O) groups excluding carboxylic acids is 4. The summed E-state index contributed by atoms with van der Waals surface area (Å²) in [6, 6.07) is 34.5. The molecule has 2 N–H and O–H groups in total. The number of aromatic hydroxyl groups is 1. The Morgan fingerprint density at radius 2 is 1.37 bits per heavy atom. The minimum atomic E-state index is -1.51. The molecule has 2 saturated heterocycles. The summed E-state index contributed by atoms with van der Waals surface area (Å²) in [5, 5.41) is 20.9. The maximum absolute atomic E-state index is 15.5. The van der Waals surface area contributed by atoms with Gasteiger partial charge in [-0.3, -0.25) is 29.5 Å². The third-order valence-electron chi connectivity index (χ3n) is 13.0. The first kappa shape index (κ1) is 40.1. The third-order valence-corrected chi connectivity index (χ3v) is 13.0. The number of benzene rings is 5. The number of rotatable bonds is 10. The van der Waals surface area contributed by atoms with Gasteiger partial charge < -0.3 is 19.5 Å². The molecule has 2 aliphatic heterocycles. The number of allylic oxidation sites excluding steroid dienone is 2. The Balaban J connectivity index is 1.13. The predicted molar refractivity (Wildman–Crippen MR) is 234 cm³/mol. The maximum Gasteiger partial charge on any atom is 0.260 e. The summed E-state index contributed by atoms with van der Waals surface area (Å²) in [5.74, 6) is -5.51. The minimum absolute atomic E-state index is 0.116. The summed E-state index contributed by atoms with van der Waals surface area (Å²) in [6.45, 7) is 1.95. The monoisotopic (exact) mass is 830 g/mol. The normalized spacial score (nSPS) is 24.1. The van der Waals surface area contributed by atoms with Gasteiger partial charge in [0.1, 0.15) is 0 Å². The van der Waals surface area contributed by atoms with Crippen molar-refractivity contribution in [2.24, 2.45) is 33.9 Å². The molecule has 4 amide bonds. The van der Waals surface area contributed by atoms with E-state index in [4.69, 9.17) is 9.47 Å². The molecule has 5 aromatic rings. The highest BCUT2D eigenvalue weighted by Gasteiger charge is 2.70. The number of hydrogen-bond donors (Lipinski definition) is 2. The van der Waals surface area contributed by atoms with Gasteiger partial charge >= 0.3 is 0 Å². The van der Waals surface area contributed by atoms with Crippen molar-refractivity contribution in [3.63, 3.8) is 0 Å². The smallest absolute Gasteiger partial charge is 0.260 e. The summed E-state index contributed by atoms with van der Waals surface area (Å²) in [7, 11) is 6.78. The first-order valence-electron chi connectivity index (χ1n) is 20.5. The summed E-state index contributed by atoms with van der Waals surface area (Å²) in [5.41, 5.74) is 7.78. The summed E-state index contributed by atoms with van der Waals surface area (Å²) >= 11 is 0. The number of hydrazine groups is 1. The van der Waals surface area contributed by atoms with Crippen LogP contribution in [0.5, 0.6) is 17.2 Å². The lowest BCUT2D eigenvalue weighted by Gasteiger charge is -2.50.